The molecule has 0 spiro atoms. The van der Waals surface area contributed by atoms with Gasteiger partial charge in [-0.15, -0.1) is 0 Å². The number of nitriles is 1. The molecule has 4 nitrogen and oxygen atoms in total. The molecule has 1 amide bonds. The lowest BCUT2D eigenvalue weighted by Gasteiger charge is -2.21. The zero-order valence-electron chi connectivity index (χ0n) is 10.8. The second-order valence-corrected chi connectivity index (χ2v) is 4.47. The number of ether oxygens (including phenoxy) is 1. The minimum absolute atomic E-state index is 0.0613. The maximum Gasteiger partial charge on any atom is 0.410 e. The van der Waals surface area contributed by atoms with Crippen LogP contribution in [0.1, 0.15) is 19.4 Å². The van der Waals surface area contributed by atoms with Crippen LogP contribution < -0.4 is 0 Å². The number of hydrogen-bond donors (Lipinski definition) is 0. The predicted octanol–water partition coefficient (Wildman–Crippen LogP) is 2.80. The van der Waals surface area contributed by atoms with Crippen LogP contribution in [0.4, 0.5) is 4.79 Å². The van der Waals surface area contributed by atoms with Crippen molar-refractivity contribution < 1.29 is 9.53 Å². The minimum Gasteiger partial charge on any atom is -0.445 e. The van der Waals surface area contributed by atoms with Crippen LogP contribution in [0.15, 0.2) is 30.3 Å². The average Bonchev–Trinajstić information content (AvgIpc) is 2.36. The molecular formula is C14H18N2O2. The summed E-state index contributed by atoms with van der Waals surface area (Å²) in [4.78, 5) is 13.2. The molecule has 1 aromatic rings. The Hall–Kier alpha value is -2.02. The quantitative estimate of drug-likeness (QED) is 0.751. The van der Waals surface area contributed by atoms with E-state index >= 15 is 0 Å². The minimum atomic E-state index is -0.436. The van der Waals surface area contributed by atoms with Crippen LogP contribution in [0.25, 0.3) is 0 Å². The molecule has 0 atom stereocenters. The number of carbonyl (C=O) groups excluding carboxylic acids is 1. The van der Waals surface area contributed by atoms with E-state index in [1.807, 2.05) is 50.2 Å². The summed E-state index contributed by atoms with van der Waals surface area (Å²) < 4.78 is 5.18. The van der Waals surface area contributed by atoms with Crippen LogP contribution in [0, 0.1) is 17.2 Å². The third kappa shape index (κ3) is 4.88. The maximum absolute atomic E-state index is 11.8. The lowest BCUT2D eigenvalue weighted by molar-refractivity contribution is 0.0967. The summed E-state index contributed by atoms with van der Waals surface area (Å²) in [6, 6.07) is 11.5. The topological polar surface area (TPSA) is 53.3 Å². The fraction of sp³-hybridized carbons (Fsp3) is 0.429. The Morgan fingerprint density at radius 3 is 2.61 bits per heavy atom. The van der Waals surface area contributed by atoms with Gasteiger partial charge in [-0.1, -0.05) is 44.2 Å². The summed E-state index contributed by atoms with van der Waals surface area (Å²) in [7, 11) is 0. The molecule has 0 saturated carbocycles. The van der Waals surface area contributed by atoms with Crippen LogP contribution in [-0.4, -0.2) is 24.1 Å². The number of nitrogens with zero attached hydrogens (tertiary/aromatic N) is 2. The molecule has 0 N–H and O–H groups in total. The Kier molecular flexibility index (Phi) is 5.72. The summed E-state index contributed by atoms with van der Waals surface area (Å²) in [5.41, 5.74) is 0.937. The van der Waals surface area contributed by atoms with Gasteiger partial charge in [0.2, 0.25) is 0 Å². The second kappa shape index (κ2) is 7.33. The molecular weight excluding hydrogens is 228 g/mol. The normalized spacial score (nSPS) is 9.89. The number of carbonyl (C=O) groups is 1. The maximum atomic E-state index is 11.8. The van der Waals surface area contributed by atoms with Gasteiger partial charge in [-0.2, -0.15) is 5.26 Å². The molecule has 0 radical (unpaired) electrons. The van der Waals surface area contributed by atoms with Gasteiger partial charge in [0.1, 0.15) is 13.2 Å². The molecule has 0 aromatic heterocycles. The first-order valence-electron chi connectivity index (χ1n) is 5.96. The summed E-state index contributed by atoms with van der Waals surface area (Å²) in [6.45, 7) is 4.82. The first-order valence-corrected chi connectivity index (χ1v) is 5.96. The molecule has 96 valence electrons. The van der Waals surface area contributed by atoms with Gasteiger partial charge < -0.3 is 4.74 Å². The van der Waals surface area contributed by atoms with Crippen molar-refractivity contribution in [2.75, 3.05) is 13.1 Å². The van der Waals surface area contributed by atoms with E-state index < -0.39 is 6.09 Å². The van der Waals surface area contributed by atoms with Crippen LogP contribution in [0.2, 0.25) is 0 Å². The fourth-order valence-corrected chi connectivity index (χ4v) is 1.54. The number of amides is 1. The summed E-state index contributed by atoms with van der Waals surface area (Å²) >= 11 is 0. The van der Waals surface area contributed by atoms with Gasteiger partial charge >= 0.3 is 6.09 Å². The van der Waals surface area contributed by atoms with Crippen molar-refractivity contribution in [2.45, 2.75) is 20.5 Å². The molecule has 0 bridgehead atoms. The lowest BCUT2D eigenvalue weighted by atomic mass is 10.2. The highest BCUT2D eigenvalue weighted by atomic mass is 16.6. The zero-order chi connectivity index (χ0) is 13.4. The van der Waals surface area contributed by atoms with Crippen molar-refractivity contribution in [1.82, 2.24) is 4.90 Å². The van der Waals surface area contributed by atoms with Crippen molar-refractivity contribution in [2.24, 2.45) is 5.92 Å². The standard InChI is InChI=1S/C14H18N2O2/c1-12(2)10-16(9-8-15)14(17)18-11-13-6-4-3-5-7-13/h3-7,12H,9-11H2,1-2H3. The van der Waals surface area contributed by atoms with Crippen LogP contribution in [-0.2, 0) is 11.3 Å². The highest BCUT2D eigenvalue weighted by Crippen LogP contribution is 2.05. The van der Waals surface area contributed by atoms with Gasteiger partial charge in [0.25, 0.3) is 0 Å². The number of hydrogen-bond acceptors (Lipinski definition) is 3. The molecule has 0 saturated heterocycles. The Labute approximate surface area is 108 Å². The van der Waals surface area contributed by atoms with Gasteiger partial charge in [0.05, 0.1) is 6.07 Å². The third-order valence-electron chi connectivity index (χ3n) is 2.31. The molecule has 0 aliphatic carbocycles. The first-order chi connectivity index (χ1) is 8.63. The van der Waals surface area contributed by atoms with Gasteiger partial charge in [-0.25, -0.2) is 4.79 Å². The molecule has 0 unspecified atom stereocenters. The first kappa shape index (κ1) is 14.0. The second-order valence-electron chi connectivity index (χ2n) is 4.47. The summed E-state index contributed by atoms with van der Waals surface area (Å²) in [5.74, 6) is 0.308. The van der Waals surface area contributed by atoms with E-state index in [1.54, 1.807) is 0 Å². The number of rotatable bonds is 5. The Morgan fingerprint density at radius 1 is 1.39 bits per heavy atom. The molecule has 0 aliphatic heterocycles. The van der Waals surface area contributed by atoms with Crippen LogP contribution in [0.5, 0.6) is 0 Å². The largest absolute Gasteiger partial charge is 0.445 e. The Morgan fingerprint density at radius 2 is 2.06 bits per heavy atom. The van der Waals surface area contributed by atoms with Crippen molar-refractivity contribution in [3.05, 3.63) is 35.9 Å². The van der Waals surface area contributed by atoms with E-state index in [1.165, 1.54) is 4.90 Å². The average molecular weight is 246 g/mol. The van der Waals surface area contributed by atoms with E-state index in [2.05, 4.69) is 0 Å². The monoisotopic (exact) mass is 246 g/mol. The molecule has 0 heterocycles. The fourth-order valence-electron chi connectivity index (χ4n) is 1.54. The highest BCUT2D eigenvalue weighted by molar-refractivity contribution is 5.67. The molecule has 0 aliphatic rings. The van der Waals surface area contributed by atoms with Gasteiger partial charge in [0.15, 0.2) is 0 Å². The van der Waals surface area contributed by atoms with Gasteiger partial charge in [-0.3, -0.25) is 4.90 Å². The van der Waals surface area contributed by atoms with Gasteiger partial charge in [-0.05, 0) is 11.5 Å². The smallest absolute Gasteiger partial charge is 0.410 e. The SMILES string of the molecule is CC(C)CN(CC#N)C(=O)OCc1ccccc1. The zero-order valence-corrected chi connectivity index (χ0v) is 10.8. The van der Waals surface area contributed by atoms with Gasteiger partial charge in [0, 0.05) is 6.54 Å². The highest BCUT2D eigenvalue weighted by Gasteiger charge is 2.15. The predicted molar refractivity (Wildman–Crippen MR) is 68.7 cm³/mol. The van der Waals surface area contributed by atoms with Crippen LogP contribution >= 0.6 is 0 Å². The van der Waals surface area contributed by atoms with Crippen molar-refractivity contribution in [1.29, 1.82) is 5.26 Å². The molecule has 1 rings (SSSR count). The Bertz CT molecular complexity index is 410. The number of benzene rings is 1. The van der Waals surface area contributed by atoms with Crippen LogP contribution in [0.3, 0.4) is 0 Å². The molecule has 1 aromatic carbocycles. The van der Waals surface area contributed by atoms with Crippen molar-refractivity contribution >= 4 is 6.09 Å². The van der Waals surface area contributed by atoms with Crippen molar-refractivity contribution in [3.63, 3.8) is 0 Å². The molecule has 4 heteroatoms. The molecule has 0 fully saturated rings. The van der Waals surface area contributed by atoms with E-state index in [-0.39, 0.29) is 13.2 Å². The summed E-state index contributed by atoms with van der Waals surface area (Å²) in [6.07, 6.45) is -0.436. The lowest BCUT2D eigenvalue weighted by Crippen LogP contribution is -2.34. The van der Waals surface area contributed by atoms with Crippen molar-refractivity contribution in [3.8, 4) is 6.07 Å². The van der Waals surface area contributed by atoms with E-state index in [0.717, 1.165) is 5.56 Å². The van der Waals surface area contributed by atoms with E-state index in [4.69, 9.17) is 10.00 Å². The molecule has 18 heavy (non-hydrogen) atoms. The summed E-state index contributed by atoms with van der Waals surface area (Å²) in [5, 5.41) is 8.68. The Balaban J connectivity index is 2.49. The third-order valence-corrected chi connectivity index (χ3v) is 2.31. The van der Waals surface area contributed by atoms with E-state index in [9.17, 15) is 4.79 Å². The van der Waals surface area contributed by atoms with E-state index in [0.29, 0.717) is 12.5 Å².